The van der Waals surface area contributed by atoms with Gasteiger partial charge in [-0.3, -0.25) is 30.2 Å². The minimum absolute atomic E-state index is 0.0578. The van der Waals surface area contributed by atoms with E-state index in [-0.39, 0.29) is 11.4 Å². The second kappa shape index (κ2) is 13.5. The van der Waals surface area contributed by atoms with Gasteiger partial charge in [0.15, 0.2) is 6.37 Å². The SMILES string of the molecule is C[Si](C)(Sc1ccccc1N=Cc1cc([N+](=O)[O-])ccc1Cl)Sc1ccccc1N=Cc1cc([N+](=O)[O-])ccc1Cl. The van der Waals surface area contributed by atoms with Crippen molar-refractivity contribution in [3.05, 3.63) is 126 Å². The van der Waals surface area contributed by atoms with Crippen molar-refractivity contribution in [2.45, 2.75) is 22.9 Å². The van der Waals surface area contributed by atoms with Crippen molar-refractivity contribution in [1.82, 2.24) is 0 Å². The van der Waals surface area contributed by atoms with Gasteiger partial charge in [0.05, 0.1) is 21.2 Å². The fourth-order valence-corrected chi connectivity index (χ4v) is 12.1. The van der Waals surface area contributed by atoms with E-state index in [1.54, 1.807) is 34.9 Å². The summed E-state index contributed by atoms with van der Waals surface area (Å²) in [6, 6.07) is 23.9. The highest BCUT2D eigenvalue weighted by Gasteiger charge is 2.27. The highest BCUT2D eigenvalue weighted by atomic mass is 35.5. The average molecular weight is 642 g/mol. The zero-order chi connectivity index (χ0) is 29.6. The molecule has 13 heteroatoms. The number of non-ortho nitro benzene ring substituents is 2. The van der Waals surface area contributed by atoms with Crippen LogP contribution >= 0.6 is 45.6 Å². The van der Waals surface area contributed by atoms with Crippen LogP contribution in [0.3, 0.4) is 0 Å². The largest absolute Gasteiger partial charge is 0.270 e. The first-order valence-electron chi connectivity index (χ1n) is 12.0. The number of nitro benzene ring substituents is 2. The molecule has 41 heavy (non-hydrogen) atoms. The van der Waals surface area contributed by atoms with Crippen LogP contribution in [-0.4, -0.2) is 28.6 Å². The number of nitrogens with zero attached hydrogens (tertiary/aromatic N) is 4. The van der Waals surface area contributed by atoms with Gasteiger partial charge < -0.3 is 0 Å². The molecule has 4 aromatic rings. The molecule has 0 saturated carbocycles. The molecule has 0 saturated heterocycles. The fourth-order valence-electron chi connectivity index (χ4n) is 3.62. The molecule has 8 nitrogen and oxygen atoms in total. The smallest absolute Gasteiger partial charge is 0.258 e. The van der Waals surface area contributed by atoms with E-state index in [9.17, 15) is 20.2 Å². The number of halogens is 2. The van der Waals surface area contributed by atoms with Gasteiger partial charge in [-0.15, -0.1) is 22.4 Å². The van der Waals surface area contributed by atoms with E-state index < -0.39 is 16.2 Å². The van der Waals surface area contributed by atoms with Gasteiger partial charge in [-0.05, 0) is 36.4 Å². The van der Waals surface area contributed by atoms with Crippen LogP contribution in [0, 0.1) is 20.2 Å². The molecule has 0 unspecified atom stereocenters. The van der Waals surface area contributed by atoms with Crippen molar-refractivity contribution < 1.29 is 9.85 Å². The molecule has 0 aromatic heterocycles. The van der Waals surface area contributed by atoms with Gasteiger partial charge in [0, 0.05) is 67.7 Å². The lowest BCUT2D eigenvalue weighted by Crippen LogP contribution is -2.15. The molecule has 0 aliphatic heterocycles. The highest BCUT2D eigenvalue weighted by molar-refractivity contribution is 8.58. The van der Waals surface area contributed by atoms with Gasteiger partial charge in [-0.2, -0.15) is 0 Å². The molecule has 0 aliphatic rings. The maximum atomic E-state index is 11.2. The Balaban J connectivity index is 1.56. The Kier molecular flexibility index (Phi) is 10.00. The molecule has 0 aliphatic carbocycles. The van der Waals surface area contributed by atoms with Crippen LogP contribution in [0.4, 0.5) is 22.7 Å². The van der Waals surface area contributed by atoms with E-state index in [4.69, 9.17) is 23.2 Å². The number of nitro groups is 2. The lowest BCUT2D eigenvalue weighted by molar-refractivity contribution is -0.385. The Hall–Kier alpha value is -3.48. The van der Waals surface area contributed by atoms with Gasteiger partial charge in [0.25, 0.3) is 11.4 Å². The van der Waals surface area contributed by atoms with Crippen LogP contribution < -0.4 is 0 Å². The first-order valence-corrected chi connectivity index (χ1v) is 18.9. The summed E-state index contributed by atoms with van der Waals surface area (Å²) < 4.78 is 0. The number of rotatable bonds is 10. The van der Waals surface area contributed by atoms with Gasteiger partial charge in [-0.1, -0.05) is 60.6 Å². The van der Waals surface area contributed by atoms with E-state index in [0.29, 0.717) is 21.2 Å². The van der Waals surface area contributed by atoms with Crippen LogP contribution in [0.5, 0.6) is 0 Å². The zero-order valence-corrected chi connectivity index (χ0v) is 25.9. The maximum Gasteiger partial charge on any atom is 0.270 e. The monoisotopic (exact) mass is 640 g/mol. The Bertz CT molecular complexity index is 1560. The van der Waals surface area contributed by atoms with Crippen LogP contribution in [0.2, 0.25) is 23.1 Å². The summed E-state index contributed by atoms with van der Waals surface area (Å²) in [4.78, 5) is 32.6. The Morgan fingerprint density at radius 2 is 1.07 bits per heavy atom. The van der Waals surface area contributed by atoms with Crippen molar-refractivity contribution in [3.8, 4) is 0 Å². The number of hydrogen-bond donors (Lipinski definition) is 0. The predicted octanol–water partition coefficient (Wildman–Crippen LogP) is 9.90. The molecule has 4 aromatic carbocycles. The molecule has 0 heterocycles. The molecule has 0 spiro atoms. The molecule has 0 N–H and O–H groups in total. The molecule has 4 rings (SSSR count). The molecular weight excluding hydrogens is 619 g/mol. The number of aliphatic imine (C=N–C) groups is 2. The third-order valence-corrected chi connectivity index (χ3v) is 14.1. The molecule has 0 bridgehead atoms. The lowest BCUT2D eigenvalue weighted by atomic mass is 10.2. The molecule has 0 fully saturated rings. The van der Waals surface area contributed by atoms with Gasteiger partial charge in [0.1, 0.15) is 0 Å². The summed E-state index contributed by atoms with van der Waals surface area (Å²) in [6.07, 6.45) is 1.00. The molecular formula is C28H22Cl2N4O4S2Si. The molecule has 208 valence electrons. The molecule has 0 radical (unpaired) electrons. The summed E-state index contributed by atoms with van der Waals surface area (Å²) >= 11 is 16.0. The first kappa shape index (κ1) is 30.5. The first-order chi connectivity index (χ1) is 19.5. The van der Waals surface area contributed by atoms with Crippen LogP contribution in [0.25, 0.3) is 0 Å². The second-order valence-electron chi connectivity index (χ2n) is 8.98. The van der Waals surface area contributed by atoms with Crippen molar-refractivity contribution in [2.75, 3.05) is 0 Å². The minimum Gasteiger partial charge on any atom is -0.258 e. The maximum absolute atomic E-state index is 11.2. The standard InChI is InChI=1S/C28H22Cl2N4O4S2Si/c1-41(2,39-27-9-5-3-7-25(27)31-17-19-15-21(33(35)36)11-13-23(19)29)40-28-10-6-4-8-26(28)32-18-20-16-22(34(37)38)12-14-24(20)30/h3-18H,1-2H3. The molecule has 0 atom stereocenters. The third-order valence-electron chi connectivity index (χ3n) is 5.51. The number of benzene rings is 4. The topological polar surface area (TPSA) is 111 Å². The Morgan fingerprint density at radius 3 is 1.46 bits per heavy atom. The van der Waals surface area contributed by atoms with Crippen molar-refractivity contribution in [1.29, 1.82) is 0 Å². The Morgan fingerprint density at radius 1 is 0.683 bits per heavy atom. The van der Waals surface area contributed by atoms with E-state index in [1.807, 2.05) is 48.5 Å². The molecule has 0 amide bonds. The number of hydrogen-bond acceptors (Lipinski definition) is 8. The van der Waals surface area contributed by atoms with Crippen LogP contribution in [0.15, 0.2) is 105 Å². The quantitative estimate of drug-likeness (QED) is 0.0738. The van der Waals surface area contributed by atoms with Crippen molar-refractivity contribution in [2.24, 2.45) is 9.98 Å². The minimum atomic E-state index is -2.08. The van der Waals surface area contributed by atoms with E-state index in [2.05, 4.69) is 23.1 Å². The van der Waals surface area contributed by atoms with E-state index in [1.165, 1.54) is 36.4 Å². The summed E-state index contributed by atoms with van der Waals surface area (Å²) in [7, 11) is 0. The van der Waals surface area contributed by atoms with Crippen LogP contribution in [-0.2, 0) is 0 Å². The summed E-state index contributed by atoms with van der Waals surface area (Å²) in [5.41, 5.74) is 2.26. The van der Waals surface area contributed by atoms with Gasteiger partial charge in [0.2, 0.25) is 0 Å². The average Bonchev–Trinajstić information content (AvgIpc) is 2.93. The fraction of sp³-hybridized carbons (Fsp3) is 0.0714. The predicted molar refractivity (Wildman–Crippen MR) is 173 cm³/mol. The van der Waals surface area contributed by atoms with Crippen molar-refractivity contribution >= 4 is 87.2 Å². The third kappa shape index (κ3) is 8.27. The van der Waals surface area contributed by atoms with Crippen molar-refractivity contribution in [3.63, 3.8) is 0 Å². The van der Waals surface area contributed by atoms with E-state index in [0.717, 1.165) is 21.2 Å². The summed E-state index contributed by atoms with van der Waals surface area (Å²) in [5.74, 6) is 0. The van der Waals surface area contributed by atoms with E-state index >= 15 is 0 Å². The Labute approximate surface area is 255 Å². The zero-order valence-electron chi connectivity index (χ0n) is 21.7. The summed E-state index contributed by atoms with van der Waals surface area (Å²) in [5, 5.41) is 23.1. The normalized spacial score (nSPS) is 11.8. The van der Waals surface area contributed by atoms with Gasteiger partial charge in [-0.25, -0.2) is 0 Å². The van der Waals surface area contributed by atoms with Gasteiger partial charge >= 0.3 is 0 Å². The highest BCUT2D eigenvalue weighted by Crippen LogP contribution is 2.46. The van der Waals surface area contributed by atoms with Crippen LogP contribution in [0.1, 0.15) is 11.1 Å². The lowest BCUT2D eigenvalue weighted by Gasteiger charge is -2.22. The second-order valence-corrected chi connectivity index (χ2v) is 22.0. The number of para-hydroxylation sites is 2. The summed E-state index contributed by atoms with van der Waals surface area (Å²) in [6.45, 7) is 4.44.